The summed E-state index contributed by atoms with van der Waals surface area (Å²) < 4.78 is 11.2. The molecular weight excluding hydrogens is 239 g/mol. The summed E-state index contributed by atoms with van der Waals surface area (Å²) in [5, 5.41) is 26.6. The topological polar surface area (TPSA) is 94.8 Å². The van der Waals surface area contributed by atoms with E-state index < -0.39 is 31.7 Å². The molecule has 2 atom stereocenters. The van der Waals surface area contributed by atoms with Gasteiger partial charge in [-0.2, -0.15) is 0 Å². The molecule has 0 aliphatic carbocycles. The molecule has 0 unspecified atom stereocenters. The second-order valence-electron chi connectivity index (χ2n) is 3.44. The molecule has 0 rings (SSSR count). The summed E-state index contributed by atoms with van der Waals surface area (Å²) in [4.78, 5) is 10.2. The van der Waals surface area contributed by atoms with Gasteiger partial charge in [0.15, 0.2) is 0 Å². The SMILES string of the molecule is C[As](C)(=O)CC[C@@H](O)[C@@H](O)C(=O)O. The Bertz CT molecular complexity index is 221. The number of aliphatic carboxylic acids is 1. The van der Waals surface area contributed by atoms with E-state index in [9.17, 15) is 8.53 Å². The summed E-state index contributed by atoms with van der Waals surface area (Å²) in [5.74, 6) is -1.46. The number of rotatable bonds is 5. The Kier molecular flexibility index (Phi) is 4.74. The second-order valence-corrected chi connectivity index (χ2v) is 11.0. The molecule has 78 valence electrons. The number of aliphatic hydroxyl groups excluding tert-OH is 2. The molecule has 0 aliphatic heterocycles. The maximum absolute atomic E-state index is 11.2. The fourth-order valence-electron chi connectivity index (χ4n) is 0.766. The number of carbonyl (C=O) groups is 1. The minimum atomic E-state index is -2.82. The molecule has 0 aromatic rings. The number of carboxylic acids is 1. The van der Waals surface area contributed by atoms with Crippen LogP contribution in [0.15, 0.2) is 0 Å². The van der Waals surface area contributed by atoms with Gasteiger partial charge in [-0.05, 0) is 0 Å². The summed E-state index contributed by atoms with van der Waals surface area (Å²) in [5.41, 5.74) is 3.22. The van der Waals surface area contributed by atoms with Gasteiger partial charge in [-0.3, -0.25) is 0 Å². The van der Waals surface area contributed by atoms with Crippen molar-refractivity contribution < 1.29 is 23.9 Å². The van der Waals surface area contributed by atoms with Gasteiger partial charge in [0.2, 0.25) is 0 Å². The fourth-order valence-corrected chi connectivity index (χ4v) is 2.63. The summed E-state index contributed by atoms with van der Waals surface area (Å²) >= 11 is -2.82. The van der Waals surface area contributed by atoms with E-state index in [1.807, 2.05) is 0 Å². The van der Waals surface area contributed by atoms with Crippen LogP contribution in [0.1, 0.15) is 6.42 Å². The molecule has 0 fully saturated rings. The van der Waals surface area contributed by atoms with E-state index in [1.165, 1.54) is 0 Å². The van der Waals surface area contributed by atoms with E-state index in [1.54, 1.807) is 11.4 Å². The van der Waals surface area contributed by atoms with Gasteiger partial charge >= 0.3 is 78.6 Å². The quantitative estimate of drug-likeness (QED) is 0.591. The van der Waals surface area contributed by atoms with Crippen LogP contribution in [0.5, 0.6) is 0 Å². The first kappa shape index (κ1) is 12.7. The van der Waals surface area contributed by atoms with Gasteiger partial charge in [0.25, 0.3) is 0 Å². The van der Waals surface area contributed by atoms with Crippen LogP contribution in [0.2, 0.25) is 16.6 Å². The third-order valence-corrected chi connectivity index (χ3v) is 4.38. The summed E-state index contributed by atoms with van der Waals surface area (Å²) in [7, 11) is 0. The van der Waals surface area contributed by atoms with Crippen LogP contribution in [-0.4, -0.2) is 47.0 Å². The van der Waals surface area contributed by atoms with Crippen LogP contribution in [0.3, 0.4) is 0 Å². The molecule has 0 amide bonds. The van der Waals surface area contributed by atoms with Crippen molar-refractivity contribution in [3.8, 4) is 0 Å². The Morgan fingerprint density at radius 1 is 1.38 bits per heavy atom. The van der Waals surface area contributed by atoms with E-state index in [0.29, 0.717) is 5.21 Å². The first-order valence-electron chi connectivity index (χ1n) is 3.87. The summed E-state index contributed by atoms with van der Waals surface area (Å²) in [6, 6.07) is 0. The van der Waals surface area contributed by atoms with Gasteiger partial charge in [-0.1, -0.05) is 0 Å². The predicted octanol–water partition coefficient (Wildman–Crippen LogP) is -0.182. The van der Waals surface area contributed by atoms with Crippen LogP contribution in [0.25, 0.3) is 0 Å². The van der Waals surface area contributed by atoms with Crippen molar-refractivity contribution in [1.82, 2.24) is 0 Å². The van der Waals surface area contributed by atoms with Crippen molar-refractivity contribution in [2.24, 2.45) is 0 Å². The van der Waals surface area contributed by atoms with Gasteiger partial charge < -0.3 is 0 Å². The summed E-state index contributed by atoms with van der Waals surface area (Å²) in [6.45, 7) is 0. The Balaban J connectivity index is 3.95. The second kappa shape index (κ2) is 4.84. The van der Waals surface area contributed by atoms with Gasteiger partial charge in [0.05, 0.1) is 0 Å². The normalized spacial score (nSPS) is 16.6. The molecular formula is C7H15AsO5. The molecule has 0 spiro atoms. The Labute approximate surface area is 79.1 Å². The van der Waals surface area contributed by atoms with E-state index in [2.05, 4.69) is 0 Å². The average molecular weight is 254 g/mol. The molecule has 5 nitrogen and oxygen atoms in total. The Morgan fingerprint density at radius 3 is 2.15 bits per heavy atom. The van der Waals surface area contributed by atoms with Crippen molar-refractivity contribution in [1.29, 1.82) is 0 Å². The first-order chi connectivity index (χ1) is 5.74. The van der Waals surface area contributed by atoms with Crippen molar-refractivity contribution in [2.45, 2.75) is 35.3 Å². The molecule has 0 aliphatic rings. The average Bonchev–Trinajstić information content (AvgIpc) is 1.97. The number of hydrogen-bond donors (Lipinski definition) is 3. The Hall–Kier alpha value is -0.252. The number of hydrogen-bond acceptors (Lipinski definition) is 4. The monoisotopic (exact) mass is 254 g/mol. The zero-order chi connectivity index (χ0) is 10.6. The molecule has 0 aromatic heterocycles. The van der Waals surface area contributed by atoms with E-state index >= 15 is 0 Å². The first-order valence-corrected chi connectivity index (χ1v) is 9.71. The molecule has 0 saturated heterocycles. The van der Waals surface area contributed by atoms with Crippen LogP contribution < -0.4 is 0 Å². The zero-order valence-electron chi connectivity index (χ0n) is 7.67. The standard InChI is InChI=1S/C7H15AsO5/c1-8(2,13)4-3-5(9)6(10)7(11)12/h5-6,9-10H,3-4H2,1-2H3,(H,11,12)/t5-,6-/m1/s1. The summed E-state index contributed by atoms with van der Waals surface area (Å²) in [6.07, 6.45) is -3.04. The van der Waals surface area contributed by atoms with Crippen molar-refractivity contribution in [2.75, 3.05) is 0 Å². The molecule has 0 aromatic carbocycles. The molecule has 0 heterocycles. The van der Waals surface area contributed by atoms with Gasteiger partial charge in [-0.15, -0.1) is 0 Å². The molecule has 6 heteroatoms. The third kappa shape index (κ3) is 5.91. The number of carboxylic acid groups (broad SMARTS) is 1. The van der Waals surface area contributed by atoms with Crippen molar-refractivity contribution in [3.63, 3.8) is 0 Å². The van der Waals surface area contributed by atoms with E-state index in [0.717, 1.165) is 0 Å². The van der Waals surface area contributed by atoms with Crippen molar-refractivity contribution >= 4 is 19.5 Å². The molecule has 0 bridgehead atoms. The van der Waals surface area contributed by atoms with Crippen LogP contribution in [-0.2, 0) is 8.53 Å². The minimum absolute atomic E-state index is 0.0664. The van der Waals surface area contributed by atoms with Gasteiger partial charge in [-0.25, -0.2) is 0 Å². The molecule has 3 N–H and O–H groups in total. The maximum atomic E-state index is 11.2. The fraction of sp³-hybridized carbons (Fsp3) is 0.857. The van der Waals surface area contributed by atoms with Gasteiger partial charge in [0.1, 0.15) is 0 Å². The van der Waals surface area contributed by atoms with Crippen LogP contribution >= 0.6 is 0 Å². The van der Waals surface area contributed by atoms with Gasteiger partial charge in [0, 0.05) is 0 Å². The Morgan fingerprint density at radius 2 is 1.85 bits per heavy atom. The van der Waals surface area contributed by atoms with Crippen LogP contribution in [0.4, 0.5) is 0 Å². The van der Waals surface area contributed by atoms with Crippen molar-refractivity contribution in [3.05, 3.63) is 0 Å². The third-order valence-electron chi connectivity index (χ3n) is 1.58. The zero-order valence-corrected chi connectivity index (χ0v) is 9.55. The van der Waals surface area contributed by atoms with Crippen LogP contribution in [0, 0.1) is 0 Å². The molecule has 13 heavy (non-hydrogen) atoms. The predicted molar refractivity (Wildman–Crippen MR) is 47.2 cm³/mol. The van der Waals surface area contributed by atoms with E-state index in [-0.39, 0.29) is 6.42 Å². The van der Waals surface area contributed by atoms with E-state index in [4.69, 9.17) is 15.3 Å². The molecule has 0 radical (unpaired) electrons. The number of aliphatic hydroxyl groups is 2. The molecule has 0 saturated carbocycles.